The van der Waals surface area contributed by atoms with E-state index < -0.39 is 0 Å². The van der Waals surface area contributed by atoms with E-state index in [9.17, 15) is 0 Å². The predicted molar refractivity (Wildman–Crippen MR) is 76.7 cm³/mol. The van der Waals surface area contributed by atoms with Gasteiger partial charge in [-0.15, -0.1) is 0 Å². The second-order valence-corrected chi connectivity index (χ2v) is 4.79. The minimum atomic E-state index is 0.403. The Bertz CT molecular complexity index is 548. The minimum absolute atomic E-state index is 0.403. The molecule has 0 unspecified atom stereocenters. The van der Waals surface area contributed by atoms with Crippen LogP contribution in [0.15, 0.2) is 36.7 Å². The number of rotatable bonds is 0. The van der Waals surface area contributed by atoms with Gasteiger partial charge in [0.2, 0.25) is 0 Å². The van der Waals surface area contributed by atoms with Gasteiger partial charge in [0.15, 0.2) is 0 Å². The fourth-order valence-electron chi connectivity index (χ4n) is 2.32. The van der Waals surface area contributed by atoms with Crippen molar-refractivity contribution in [2.45, 2.75) is 32.4 Å². The van der Waals surface area contributed by atoms with Crippen LogP contribution in [-0.4, -0.2) is 11.7 Å². The molecule has 1 saturated heterocycles. The van der Waals surface area contributed by atoms with Crippen LogP contribution < -0.4 is 0 Å². The second-order valence-electron chi connectivity index (χ2n) is 4.79. The highest BCUT2D eigenvalue weighted by Gasteiger charge is 2.17. The minimum Gasteiger partial charge on any atom is -0.264 e. The zero-order valence-corrected chi connectivity index (χ0v) is 10.8. The number of hydrogen-bond donors (Lipinski definition) is 0. The van der Waals surface area contributed by atoms with Gasteiger partial charge in [0.1, 0.15) is 0 Å². The smallest absolute Gasteiger partial charge is 0.264 e. The molecule has 2 heterocycles. The molecule has 0 bridgehead atoms. The highest BCUT2D eigenvalue weighted by molar-refractivity contribution is 6.67. The standard InChI is InChI=1S/C10H9N.C5H8BN/c1-8-6-11-7-9-4-2-3-5-10(8)9;7-5-6-3-1-2-4-6/h2-7H,1H3;1-4H2. The maximum Gasteiger partial charge on any atom is 0.267 e. The van der Waals surface area contributed by atoms with E-state index in [1.165, 1.54) is 29.2 Å². The van der Waals surface area contributed by atoms with Gasteiger partial charge in [-0.2, -0.15) is 0 Å². The van der Waals surface area contributed by atoms with E-state index in [-0.39, 0.29) is 0 Å². The quantitative estimate of drug-likeness (QED) is 0.651. The third kappa shape index (κ3) is 3.10. The van der Waals surface area contributed by atoms with Gasteiger partial charge >= 0.3 is 0 Å². The van der Waals surface area contributed by atoms with Crippen molar-refractivity contribution in [1.29, 1.82) is 5.26 Å². The molecule has 90 valence electrons. The fraction of sp³-hybridized carbons (Fsp3) is 0.333. The van der Waals surface area contributed by atoms with Crippen LogP contribution in [0.3, 0.4) is 0 Å². The van der Waals surface area contributed by atoms with E-state index in [4.69, 9.17) is 5.26 Å². The van der Waals surface area contributed by atoms with E-state index in [1.54, 1.807) is 0 Å². The first kappa shape index (κ1) is 12.6. The van der Waals surface area contributed by atoms with Crippen LogP contribution in [-0.2, 0) is 0 Å². The summed E-state index contributed by atoms with van der Waals surface area (Å²) in [7, 11) is 0. The average molecular weight is 236 g/mol. The van der Waals surface area contributed by atoms with Gasteiger partial charge < -0.3 is 0 Å². The van der Waals surface area contributed by atoms with E-state index in [1.807, 2.05) is 18.5 Å². The summed E-state index contributed by atoms with van der Waals surface area (Å²) in [5.41, 5.74) is 1.24. The normalized spacial score (nSPS) is 13.9. The van der Waals surface area contributed by atoms with Crippen molar-refractivity contribution in [3.8, 4) is 5.97 Å². The number of aromatic nitrogens is 1. The molecule has 0 atom stereocenters. The Balaban J connectivity index is 0.000000149. The molecule has 0 radical (unpaired) electrons. The van der Waals surface area contributed by atoms with Crippen molar-refractivity contribution in [1.82, 2.24) is 4.98 Å². The lowest BCUT2D eigenvalue weighted by molar-refractivity contribution is 0.935. The topological polar surface area (TPSA) is 36.7 Å². The summed E-state index contributed by atoms with van der Waals surface area (Å²) in [6.07, 6.45) is 8.63. The van der Waals surface area contributed by atoms with Crippen molar-refractivity contribution in [2.24, 2.45) is 0 Å². The number of benzene rings is 1. The van der Waals surface area contributed by atoms with Gasteiger partial charge in [-0.3, -0.25) is 4.98 Å². The summed E-state index contributed by atoms with van der Waals surface area (Å²) in [5, 5.41) is 10.8. The Morgan fingerprint density at radius 1 is 1.17 bits per heavy atom. The molecule has 0 amide bonds. The Hall–Kier alpha value is -1.82. The predicted octanol–water partition coefficient (Wildman–Crippen LogP) is 3.88. The van der Waals surface area contributed by atoms with Gasteiger partial charge in [0.25, 0.3) is 6.71 Å². The summed E-state index contributed by atoms with van der Waals surface area (Å²) in [4.78, 5) is 4.11. The van der Waals surface area contributed by atoms with Gasteiger partial charge in [-0.25, -0.2) is 5.26 Å². The van der Waals surface area contributed by atoms with Crippen molar-refractivity contribution in [3.63, 3.8) is 0 Å². The Morgan fingerprint density at radius 2 is 1.89 bits per heavy atom. The van der Waals surface area contributed by atoms with Crippen LogP contribution in [0.5, 0.6) is 0 Å². The van der Waals surface area contributed by atoms with Gasteiger partial charge in [-0.1, -0.05) is 49.7 Å². The molecule has 2 aromatic rings. The van der Waals surface area contributed by atoms with Crippen LogP contribution in [0, 0.1) is 18.2 Å². The third-order valence-corrected chi connectivity index (χ3v) is 3.41. The zero-order valence-electron chi connectivity index (χ0n) is 10.8. The lowest BCUT2D eigenvalue weighted by Gasteiger charge is -1.98. The Kier molecular flexibility index (Phi) is 4.36. The fourth-order valence-corrected chi connectivity index (χ4v) is 2.32. The van der Waals surface area contributed by atoms with Crippen LogP contribution in [0.1, 0.15) is 18.4 Å². The molecule has 2 nitrogen and oxygen atoms in total. The molecule has 1 aromatic carbocycles. The maximum atomic E-state index is 8.32. The molecule has 0 aliphatic carbocycles. The molecule has 3 rings (SSSR count). The number of nitrogens with zero attached hydrogens (tertiary/aromatic N) is 2. The number of pyridine rings is 1. The van der Waals surface area contributed by atoms with Crippen LogP contribution in [0.2, 0.25) is 12.6 Å². The van der Waals surface area contributed by atoms with Crippen LogP contribution in [0.4, 0.5) is 0 Å². The summed E-state index contributed by atoms with van der Waals surface area (Å²) in [6, 6.07) is 8.28. The molecule has 18 heavy (non-hydrogen) atoms. The van der Waals surface area contributed by atoms with Gasteiger partial charge in [-0.05, 0) is 17.9 Å². The first-order valence-electron chi connectivity index (χ1n) is 6.50. The second kappa shape index (κ2) is 6.21. The summed E-state index contributed by atoms with van der Waals surface area (Å²) < 4.78 is 0. The molecular weight excluding hydrogens is 219 g/mol. The van der Waals surface area contributed by atoms with Crippen LogP contribution >= 0.6 is 0 Å². The number of fused-ring (bicyclic) bond motifs is 1. The van der Waals surface area contributed by atoms with E-state index in [2.05, 4.69) is 36.1 Å². The zero-order chi connectivity index (χ0) is 12.8. The van der Waals surface area contributed by atoms with Gasteiger partial charge in [0.05, 0.1) is 0 Å². The monoisotopic (exact) mass is 236 g/mol. The highest BCUT2D eigenvalue weighted by atomic mass is 14.6. The number of hydrogen-bond acceptors (Lipinski definition) is 2. The largest absolute Gasteiger partial charge is 0.267 e. The summed E-state index contributed by atoms with van der Waals surface area (Å²) >= 11 is 0. The Labute approximate surface area is 109 Å². The van der Waals surface area contributed by atoms with Crippen LogP contribution in [0.25, 0.3) is 10.8 Å². The molecule has 1 aliphatic heterocycles. The molecule has 0 spiro atoms. The van der Waals surface area contributed by atoms with Gasteiger partial charge in [0, 0.05) is 23.7 Å². The lowest BCUT2D eigenvalue weighted by atomic mass is 9.50. The Morgan fingerprint density at radius 3 is 2.50 bits per heavy atom. The summed E-state index contributed by atoms with van der Waals surface area (Å²) in [5.74, 6) is 2.26. The molecule has 1 fully saturated rings. The average Bonchev–Trinajstić information content (AvgIpc) is 2.93. The third-order valence-electron chi connectivity index (χ3n) is 3.41. The van der Waals surface area contributed by atoms with Crippen molar-refractivity contribution >= 4 is 17.5 Å². The highest BCUT2D eigenvalue weighted by Crippen LogP contribution is 2.17. The molecule has 1 aliphatic rings. The lowest BCUT2D eigenvalue weighted by Crippen LogP contribution is -1.99. The summed E-state index contributed by atoms with van der Waals surface area (Å²) in [6.45, 7) is 2.48. The molecule has 0 N–H and O–H groups in total. The first-order valence-corrected chi connectivity index (χ1v) is 6.50. The SMILES string of the molecule is Cc1cncc2ccccc12.N#CB1CCCC1. The van der Waals surface area contributed by atoms with Crippen molar-refractivity contribution < 1.29 is 0 Å². The first-order chi connectivity index (χ1) is 8.81. The van der Waals surface area contributed by atoms with E-state index in [0.29, 0.717) is 6.71 Å². The van der Waals surface area contributed by atoms with Crippen molar-refractivity contribution in [3.05, 3.63) is 42.2 Å². The number of nitriles is 1. The maximum absolute atomic E-state index is 8.32. The van der Waals surface area contributed by atoms with E-state index in [0.717, 1.165) is 12.6 Å². The van der Waals surface area contributed by atoms with E-state index >= 15 is 0 Å². The molecule has 0 saturated carbocycles. The molecule has 1 aromatic heterocycles. The van der Waals surface area contributed by atoms with Crippen molar-refractivity contribution in [2.75, 3.05) is 0 Å². The molecular formula is C15H17BN2. The molecule has 3 heteroatoms. The number of aryl methyl sites for hydroxylation is 1.